The monoisotopic (exact) mass is 640 g/mol. The summed E-state index contributed by atoms with van der Waals surface area (Å²) in [6.45, 7) is 23.4. The molecule has 40 heavy (non-hydrogen) atoms. The molecular formula is C28H67O9P3. The predicted octanol–water partition coefficient (Wildman–Crippen LogP) is 6.43. The first kappa shape index (κ1) is 47.4. The second kappa shape index (κ2) is 24.8. The molecule has 0 aromatic heterocycles. The van der Waals surface area contributed by atoms with Crippen LogP contribution in [0.5, 0.6) is 0 Å². The van der Waals surface area contributed by atoms with Crippen LogP contribution in [0.3, 0.4) is 0 Å². The van der Waals surface area contributed by atoms with Crippen molar-refractivity contribution in [1.82, 2.24) is 0 Å². The summed E-state index contributed by atoms with van der Waals surface area (Å²) in [7, 11) is -8.41. The van der Waals surface area contributed by atoms with Crippen molar-refractivity contribution in [3.63, 3.8) is 0 Å². The number of rotatable bonds is 15. The molecule has 0 aliphatic rings. The van der Waals surface area contributed by atoms with Gasteiger partial charge in [-0.25, -0.2) is 0 Å². The summed E-state index contributed by atoms with van der Waals surface area (Å²) in [5.41, 5.74) is 0. The van der Waals surface area contributed by atoms with Gasteiger partial charge in [-0.05, 0) is 41.9 Å². The number of aliphatic hydroxyl groups excluding tert-OH is 3. The highest BCUT2D eigenvalue weighted by Crippen LogP contribution is 2.45. The molecule has 0 saturated carbocycles. The van der Waals surface area contributed by atoms with Crippen LogP contribution in [0.15, 0.2) is 0 Å². The molecule has 0 rings (SSSR count). The van der Waals surface area contributed by atoms with Gasteiger partial charge in [0.25, 0.3) is 0 Å². The van der Waals surface area contributed by atoms with Crippen LogP contribution in [0.25, 0.3) is 0 Å². The molecule has 0 fully saturated rings. The van der Waals surface area contributed by atoms with E-state index in [4.69, 9.17) is 15.3 Å². The van der Waals surface area contributed by atoms with Crippen LogP contribution >= 0.6 is 22.1 Å². The van der Waals surface area contributed by atoms with Crippen molar-refractivity contribution >= 4 is 22.1 Å². The molecule has 0 aliphatic carbocycles. The Balaban J connectivity index is -0.000000219. The highest BCUT2D eigenvalue weighted by molar-refractivity contribution is 7.58. The molecule has 0 radical (unpaired) electrons. The van der Waals surface area contributed by atoms with E-state index in [-0.39, 0.29) is 19.6 Å². The third-order valence-corrected chi connectivity index (χ3v) is 12.4. The average Bonchev–Trinajstić information content (AvgIpc) is 2.62. The van der Waals surface area contributed by atoms with Crippen molar-refractivity contribution in [2.45, 2.75) is 95.6 Å². The Hall–Kier alpha value is 0.450. The lowest BCUT2D eigenvalue weighted by molar-refractivity contribution is 0.0721. The molecule has 0 aromatic rings. The minimum absolute atomic E-state index is 0.0677. The number of aliphatic hydroxyl groups is 3. The quantitative estimate of drug-likeness (QED) is 0.110. The summed E-state index contributed by atoms with van der Waals surface area (Å²) in [6.07, 6.45) is 2.30. The van der Waals surface area contributed by atoms with Gasteiger partial charge in [-0.2, -0.15) is 0 Å². The van der Waals surface area contributed by atoms with Crippen molar-refractivity contribution in [3.05, 3.63) is 0 Å². The standard InChI is InChI=1S/3C8H19O2P.C4H10O3/c3*1-7(2)5-11(9,10)6-8(3)4;5-2-1-4(7)3-6/h3*7-8H,5-6H2,1-4H3,(H,9,10);4-7H,1-3H2. The zero-order valence-electron chi connectivity index (χ0n) is 27.7. The third-order valence-electron chi connectivity index (χ3n) is 4.58. The van der Waals surface area contributed by atoms with Crippen LogP contribution in [0.4, 0.5) is 0 Å². The molecular weight excluding hydrogens is 573 g/mol. The van der Waals surface area contributed by atoms with Gasteiger partial charge in [0.1, 0.15) is 0 Å². The van der Waals surface area contributed by atoms with Crippen molar-refractivity contribution in [3.8, 4) is 0 Å². The average molecular weight is 641 g/mol. The summed E-state index contributed by atoms with van der Waals surface area (Å²) in [5, 5.41) is 24.6. The first-order valence-corrected chi connectivity index (χ1v) is 20.7. The van der Waals surface area contributed by atoms with Crippen LogP contribution in [-0.2, 0) is 13.7 Å². The smallest absolute Gasteiger partial charge is 0.201 e. The number of hydrogen-bond donors (Lipinski definition) is 6. The topological polar surface area (TPSA) is 173 Å². The predicted molar refractivity (Wildman–Crippen MR) is 173 cm³/mol. The Labute approximate surface area is 247 Å². The van der Waals surface area contributed by atoms with Gasteiger partial charge in [0.2, 0.25) is 22.1 Å². The van der Waals surface area contributed by atoms with Crippen molar-refractivity contribution in [1.29, 1.82) is 0 Å². The lowest BCUT2D eigenvalue weighted by Crippen LogP contribution is -2.12. The first-order valence-electron chi connectivity index (χ1n) is 14.6. The Morgan fingerprint density at radius 3 is 0.700 bits per heavy atom. The van der Waals surface area contributed by atoms with Crippen LogP contribution in [-0.4, -0.2) is 86.3 Å². The molecule has 0 amide bonds. The zero-order chi connectivity index (χ0) is 32.9. The molecule has 0 heterocycles. The van der Waals surface area contributed by atoms with E-state index in [0.29, 0.717) is 72.5 Å². The SMILES string of the molecule is CC(C)CP(=O)(O)CC(C)C.CC(C)CP(=O)(O)CC(C)C.CC(C)CP(=O)(O)CC(C)C.OCCC(O)CO. The molecule has 1 atom stereocenters. The maximum atomic E-state index is 11.4. The maximum absolute atomic E-state index is 11.4. The van der Waals surface area contributed by atoms with Gasteiger partial charge in [0.15, 0.2) is 0 Å². The molecule has 6 N–H and O–H groups in total. The van der Waals surface area contributed by atoms with Gasteiger partial charge in [0, 0.05) is 43.6 Å². The van der Waals surface area contributed by atoms with Gasteiger partial charge >= 0.3 is 0 Å². The fourth-order valence-electron chi connectivity index (χ4n) is 3.89. The highest BCUT2D eigenvalue weighted by Gasteiger charge is 2.22. The summed E-state index contributed by atoms with van der Waals surface area (Å²) < 4.78 is 34.2. The highest BCUT2D eigenvalue weighted by atomic mass is 31.2. The third kappa shape index (κ3) is 42.9. The Kier molecular flexibility index (Phi) is 29.4. The van der Waals surface area contributed by atoms with Gasteiger partial charge in [-0.3, -0.25) is 13.7 Å². The molecule has 0 saturated heterocycles. The molecule has 0 bridgehead atoms. The molecule has 12 heteroatoms. The lowest BCUT2D eigenvalue weighted by atomic mass is 10.3. The molecule has 0 aromatic carbocycles. The van der Waals surface area contributed by atoms with Gasteiger partial charge in [-0.15, -0.1) is 0 Å². The van der Waals surface area contributed by atoms with E-state index < -0.39 is 28.2 Å². The van der Waals surface area contributed by atoms with Crippen LogP contribution in [0.2, 0.25) is 0 Å². The van der Waals surface area contributed by atoms with Gasteiger partial charge < -0.3 is 30.0 Å². The summed E-state index contributed by atoms with van der Waals surface area (Å²) in [4.78, 5) is 28.2. The Bertz CT molecular complexity index is 596. The summed E-state index contributed by atoms with van der Waals surface area (Å²) >= 11 is 0. The van der Waals surface area contributed by atoms with E-state index >= 15 is 0 Å². The van der Waals surface area contributed by atoms with Gasteiger partial charge in [-0.1, -0.05) is 83.1 Å². The molecule has 1 unspecified atom stereocenters. The Morgan fingerprint density at radius 2 is 0.625 bits per heavy atom. The fraction of sp³-hybridized carbons (Fsp3) is 1.00. The largest absolute Gasteiger partial charge is 0.396 e. The molecule has 248 valence electrons. The van der Waals surface area contributed by atoms with E-state index in [0.717, 1.165) is 0 Å². The fourth-order valence-corrected chi connectivity index (χ4v) is 11.2. The van der Waals surface area contributed by atoms with Crippen LogP contribution in [0, 0.1) is 35.5 Å². The normalized spacial score (nSPS) is 13.2. The summed E-state index contributed by atoms with van der Waals surface area (Å²) in [5.74, 6) is 1.94. The second-order valence-electron chi connectivity index (χ2n) is 13.3. The number of hydrogen-bond acceptors (Lipinski definition) is 6. The maximum Gasteiger partial charge on any atom is 0.201 e. The van der Waals surface area contributed by atoms with Crippen LogP contribution < -0.4 is 0 Å². The van der Waals surface area contributed by atoms with E-state index in [9.17, 15) is 28.4 Å². The van der Waals surface area contributed by atoms with E-state index in [1.165, 1.54) is 0 Å². The lowest BCUT2D eigenvalue weighted by Gasteiger charge is -2.15. The van der Waals surface area contributed by atoms with Crippen molar-refractivity contribution < 1.29 is 43.7 Å². The molecule has 0 spiro atoms. The van der Waals surface area contributed by atoms with Gasteiger partial charge in [0.05, 0.1) is 12.7 Å². The minimum Gasteiger partial charge on any atom is -0.396 e. The Morgan fingerprint density at radius 1 is 0.450 bits per heavy atom. The zero-order valence-corrected chi connectivity index (χ0v) is 30.3. The molecule has 9 nitrogen and oxygen atoms in total. The molecule has 0 aliphatic heterocycles. The first-order chi connectivity index (χ1) is 17.8. The van der Waals surface area contributed by atoms with Crippen molar-refractivity contribution in [2.24, 2.45) is 35.5 Å². The van der Waals surface area contributed by atoms with Crippen LogP contribution in [0.1, 0.15) is 89.5 Å². The summed E-state index contributed by atoms with van der Waals surface area (Å²) in [6, 6.07) is 0. The van der Waals surface area contributed by atoms with Crippen molar-refractivity contribution in [2.75, 3.05) is 50.2 Å². The van der Waals surface area contributed by atoms with E-state index in [1.54, 1.807) is 0 Å². The van der Waals surface area contributed by atoms with E-state index in [1.807, 2.05) is 83.1 Å². The van der Waals surface area contributed by atoms with E-state index in [2.05, 4.69) is 0 Å². The minimum atomic E-state index is -2.80. The second-order valence-corrected chi connectivity index (χ2v) is 20.6.